The normalized spacial score (nSPS) is 11.3. The molecule has 5 heteroatoms. The predicted octanol–water partition coefficient (Wildman–Crippen LogP) is 4.29. The van der Waals surface area contributed by atoms with Crippen molar-refractivity contribution in [1.29, 1.82) is 0 Å². The van der Waals surface area contributed by atoms with Crippen molar-refractivity contribution in [3.8, 4) is 0 Å². The largest absolute Gasteiger partial charge is 0.380 e. The first kappa shape index (κ1) is 15.6. The standard InChI is InChI=1S/C15H20Cl2N2O/c1-2-3-10-20-11-9-19-13-6-4-5-12(17)15(13)18-14(19)7-8-16/h4-6H,2-3,7-11H2,1H3. The number of aromatic nitrogens is 2. The van der Waals surface area contributed by atoms with Crippen LogP contribution in [0.3, 0.4) is 0 Å². The highest BCUT2D eigenvalue weighted by atomic mass is 35.5. The van der Waals surface area contributed by atoms with Crippen molar-refractivity contribution in [2.24, 2.45) is 0 Å². The number of alkyl halides is 1. The van der Waals surface area contributed by atoms with E-state index in [1.165, 1.54) is 0 Å². The van der Waals surface area contributed by atoms with Crippen LogP contribution in [0.1, 0.15) is 25.6 Å². The molecule has 110 valence electrons. The smallest absolute Gasteiger partial charge is 0.111 e. The average molecular weight is 315 g/mol. The molecule has 0 amide bonds. The molecule has 3 nitrogen and oxygen atoms in total. The Morgan fingerprint density at radius 1 is 1.30 bits per heavy atom. The molecule has 0 aliphatic rings. The van der Waals surface area contributed by atoms with E-state index in [4.69, 9.17) is 27.9 Å². The van der Waals surface area contributed by atoms with Crippen LogP contribution in [0.4, 0.5) is 0 Å². The van der Waals surface area contributed by atoms with Crippen molar-refractivity contribution >= 4 is 34.2 Å². The molecule has 2 rings (SSSR count). The summed E-state index contributed by atoms with van der Waals surface area (Å²) in [5.74, 6) is 1.53. The minimum atomic E-state index is 0.553. The summed E-state index contributed by atoms with van der Waals surface area (Å²) in [5, 5.41) is 0.684. The van der Waals surface area contributed by atoms with E-state index in [-0.39, 0.29) is 0 Å². The lowest BCUT2D eigenvalue weighted by atomic mass is 10.3. The van der Waals surface area contributed by atoms with Crippen LogP contribution in [0.2, 0.25) is 5.02 Å². The third-order valence-corrected chi connectivity index (χ3v) is 3.72. The highest BCUT2D eigenvalue weighted by Gasteiger charge is 2.12. The first-order valence-corrected chi connectivity index (χ1v) is 7.96. The van der Waals surface area contributed by atoms with Gasteiger partial charge in [0.2, 0.25) is 0 Å². The molecular weight excluding hydrogens is 295 g/mol. The van der Waals surface area contributed by atoms with Crippen molar-refractivity contribution < 1.29 is 4.74 Å². The van der Waals surface area contributed by atoms with Crippen LogP contribution >= 0.6 is 23.2 Å². The van der Waals surface area contributed by atoms with E-state index in [1.807, 2.05) is 18.2 Å². The Morgan fingerprint density at radius 2 is 2.15 bits per heavy atom. The fourth-order valence-corrected chi connectivity index (χ4v) is 2.57. The maximum absolute atomic E-state index is 6.21. The van der Waals surface area contributed by atoms with Crippen LogP contribution < -0.4 is 0 Å². The third-order valence-electron chi connectivity index (χ3n) is 3.23. The number of benzene rings is 1. The summed E-state index contributed by atoms with van der Waals surface area (Å²) in [6.45, 7) is 4.45. The Balaban J connectivity index is 2.16. The monoisotopic (exact) mass is 314 g/mol. The Labute approximate surface area is 129 Å². The van der Waals surface area contributed by atoms with Crippen molar-refractivity contribution in [2.45, 2.75) is 32.7 Å². The number of halogens is 2. The topological polar surface area (TPSA) is 27.1 Å². The summed E-state index contributed by atoms with van der Waals surface area (Å²) in [7, 11) is 0. The van der Waals surface area contributed by atoms with Gasteiger partial charge in [0.25, 0.3) is 0 Å². The van der Waals surface area contributed by atoms with Gasteiger partial charge in [-0.25, -0.2) is 4.98 Å². The van der Waals surface area contributed by atoms with E-state index in [0.717, 1.165) is 49.3 Å². The number of nitrogens with zero attached hydrogens (tertiary/aromatic N) is 2. The van der Waals surface area contributed by atoms with E-state index in [9.17, 15) is 0 Å². The average Bonchev–Trinajstić information content (AvgIpc) is 2.79. The number of hydrogen-bond acceptors (Lipinski definition) is 2. The van der Waals surface area contributed by atoms with Crippen molar-refractivity contribution in [3.63, 3.8) is 0 Å². The van der Waals surface area contributed by atoms with E-state index >= 15 is 0 Å². The molecule has 0 saturated carbocycles. The quantitative estimate of drug-likeness (QED) is 0.537. The summed E-state index contributed by atoms with van der Waals surface area (Å²) < 4.78 is 7.81. The van der Waals surface area contributed by atoms with E-state index in [1.54, 1.807) is 0 Å². The number of aryl methyl sites for hydroxylation is 1. The van der Waals surface area contributed by atoms with E-state index < -0.39 is 0 Å². The molecular formula is C15H20Cl2N2O. The zero-order valence-corrected chi connectivity index (χ0v) is 13.3. The Hall–Kier alpha value is -0.770. The number of rotatable bonds is 8. The molecule has 0 unspecified atom stereocenters. The first-order chi connectivity index (χ1) is 9.77. The van der Waals surface area contributed by atoms with Gasteiger partial charge in [0.05, 0.1) is 17.1 Å². The lowest BCUT2D eigenvalue weighted by Gasteiger charge is -2.09. The number of fused-ring (bicyclic) bond motifs is 1. The number of imidazole rings is 1. The maximum Gasteiger partial charge on any atom is 0.111 e. The van der Waals surface area contributed by atoms with Gasteiger partial charge in [0.1, 0.15) is 11.3 Å². The summed E-state index contributed by atoms with van der Waals surface area (Å²) in [5.41, 5.74) is 1.90. The van der Waals surface area contributed by atoms with Gasteiger partial charge in [0.15, 0.2) is 0 Å². The highest BCUT2D eigenvalue weighted by molar-refractivity contribution is 6.34. The van der Waals surface area contributed by atoms with Crippen molar-refractivity contribution in [3.05, 3.63) is 29.0 Å². The minimum Gasteiger partial charge on any atom is -0.380 e. The van der Waals surface area contributed by atoms with Crippen LogP contribution in [0.25, 0.3) is 11.0 Å². The van der Waals surface area contributed by atoms with Crippen molar-refractivity contribution in [1.82, 2.24) is 9.55 Å². The number of ether oxygens (including phenoxy) is 1. The van der Waals surface area contributed by atoms with Gasteiger partial charge in [-0.05, 0) is 18.6 Å². The van der Waals surface area contributed by atoms with Crippen molar-refractivity contribution in [2.75, 3.05) is 19.1 Å². The molecule has 0 aliphatic carbocycles. The molecule has 0 saturated heterocycles. The molecule has 0 spiro atoms. The van der Waals surface area contributed by atoms with Gasteiger partial charge in [-0.1, -0.05) is 31.0 Å². The second-order valence-electron chi connectivity index (χ2n) is 4.69. The Kier molecular flexibility index (Phi) is 6.14. The van der Waals surface area contributed by atoms with Crippen LogP contribution in [-0.4, -0.2) is 28.6 Å². The fraction of sp³-hybridized carbons (Fsp3) is 0.533. The number of unbranched alkanes of at least 4 members (excludes halogenated alkanes) is 1. The second kappa shape index (κ2) is 7.87. The van der Waals surface area contributed by atoms with Gasteiger partial charge in [-0.15, -0.1) is 11.6 Å². The van der Waals surface area contributed by atoms with E-state index in [0.29, 0.717) is 17.5 Å². The number of para-hydroxylation sites is 1. The molecule has 0 fully saturated rings. The summed E-state index contributed by atoms with van der Waals surface area (Å²) in [6, 6.07) is 5.85. The molecule has 0 aliphatic heterocycles. The highest BCUT2D eigenvalue weighted by Crippen LogP contribution is 2.24. The SMILES string of the molecule is CCCCOCCn1c(CCCl)nc2c(Cl)cccc21. The van der Waals surface area contributed by atoms with Crippen LogP contribution in [0.5, 0.6) is 0 Å². The molecule has 1 heterocycles. The molecule has 20 heavy (non-hydrogen) atoms. The van der Waals surface area contributed by atoms with Gasteiger partial charge in [0, 0.05) is 25.5 Å². The van der Waals surface area contributed by atoms with Crippen LogP contribution in [0, 0.1) is 0 Å². The molecule has 0 bridgehead atoms. The minimum absolute atomic E-state index is 0.553. The molecule has 2 aromatic rings. The van der Waals surface area contributed by atoms with Crippen LogP contribution in [0.15, 0.2) is 18.2 Å². The number of hydrogen-bond donors (Lipinski definition) is 0. The van der Waals surface area contributed by atoms with E-state index in [2.05, 4.69) is 16.5 Å². The molecule has 0 radical (unpaired) electrons. The zero-order chi connectivity index (χ0) is 14.4. The Morgan fingerprint density at radius 3 is 2.90 bits per heavy atom. The third kappa shape index (κ3) is 3.66. The second-order valence-corrected chi connectivity index (χ2v) is 5.48. The maximum atomic E-state index is 6.21. The van der Waals surface area contributed by atoms with Crippen LogP contribution in [-0.2, 0) is 17.7 Å². The van der Waals surface area contributed by atoms with Gasteiger partial charge < -0.3 is 9.30 Å². The lowest BCUT2D eigenvalue weighted by molar-refractivity contribution is 0.123. The first-order valence-electron chi connectivity index (χ1n) is 7.05. The summed E-state index contributed by atoms with van der Waals surface area (Å²) in [4.78, 5) is 4.61. The summed E-state index contributed by atoms with van der Waals surface area (Å²) >= 11 is 12.1. The zero-order valence-electron chi connectivity index (χ0n) is 11.7. The van der Waals surface area contributed by atoms with Gasteiger partial charge in [-0.3, -0.25) is 0 Å². The molecule has 0 atom stereocenters. The Bertz CT molecular complexity index is 554. The van der Waals surface area contributed by atoms with Gasteiger partial charge in [-0.2, -0.15) is 0 Å². The predicted molar refractivity (Wildman–Crippen MR) is 84.9 cm³/mol. The van der Waals surface area contributed by atoms with Gasteiger partial charge >= 0.3 is 0 Å². The lowest BCUT2D eigenvalue weighted by Crippen LogP contribution is -2.10. The summed E-state index contributed by atoms with van der Waals surface area (Å²) in [6.07, 6.45) is 2.99. The molecule has 1 aromatic carbocycles. The molecule has 1 aromatic heterocycles. The molecule has 0 N–H and O–H groups in total. The fourth-order valence-electron chi connectivity index (χ4n) is 2.19.